The number of nitrogens with zero attached hydrogens (tertiary/aromatic N) is 1. The van der Waals surface area contributed by atoms with Gasteiger partial charge in [0.1, 0.15) is 5.75 Å². The van der Waals surface area contributed by atoms with E-state index in [0.29, 0.717) is 6.42 Å². The number of rotatable bonds is 4. The molecule has 0 spiro atoms. The van der Waals surface area contributed by atoms with E-state index in [0.717, 1.165) is 42.9 Å². The maximum absolute atomic E-state index is 10.4. The molecular weight excluding hydrogens is 250 g/mol. The van der Waals surface area contributed by atoms with Gasteiger partial charge in [-0.25, -0.2) is 0 Å². The van der Waals surface area contributed by atoms with Gasteiger partial charge in [0.15, 0.2) is 0 Å². The molecule has 1 aromatic heterocycles. The summed E-state index contributed by atoms with van der Waals surface area (Å²) in [7, 11) is 0. The lowest BCUT2D eigenvalue weighted by molar-refractivity contribution is 0.159. The van der Waals surface area contributed by atoms with Crippen molar-refractivity contribution in [3.63, 3.8) is 0 Å². The highest BCUT2D eigenvalue weighted by Crippen LogP contribution is 2.34. The van der Waals surface area contributed by atoms with E-state index in [9.17, 15) is 5.11 Å². The number of pyridine rings is 1. The molecular formula is C17H19NO2. The maximum Gasteiger partial charge on any atom is 0.128 e. The van der Waals surface area contributed by atoms with Gasteiger partial charge in [-0.1, -0.05) is 24.3 Å². The van der Waals surface area contributed by atoms with Gasteiger partial charge in [-0.2, -0.15) is 0 Å². The van der Waals surface area contributed by atoms with Crippen LogP contribution in [0.2, 0.25) is 0 Å². The first kappa shape index (κ1) is 13.1. The summed E-state index contributed by atoms with van der Waals surface area (Å²) in [6.07, 6.45) is 4.82. The second-order valence-corrected chi connectivity index (χ2v) is 5.16. The number of para-hydroxylation sites is 1. The van der Waals surface area contributed by atoms with Crippen LogP contribution in [0.3, 0.4) is 0 Å². The average molecular weight is 269 g/mol. The average Bonchev–Trinajstić information content (AvgIpc) is 2.53. The molecule has 3 heteroatoms. The predicted molar refractivity (Wildman–Crippen MR) is 77.8 cm³/mol. The van der Waals surface area contributed by atoms with Gasteiger partial charge in [0.25, 0.3) is 0 Å². The van der Waals surface area contributed by atoms with Gasteiger partial charge in [-0.3, -0.25) is 4.98 Å². The Labute approximate surface area is 119 Å². The minimum atomic E-state index is -0.495. The summed E-state index contributed by atoms with van der Waals surface area (Å²) >= 11 is 0. The molecule has 1 atom stereocenters. The van der Waals surface area contributed by atoms with Crippen LogP contribution in [0, 0.1) is 0 Å². The van der Waals surface area contributed by atoms with Crippen LogP contribution in [0.1, 0.15) is 35.8 Å². The second kappa shape index (κ2) is 6.06. The van der Waals surface area contributed by atoms with E-state index >= 15 is 0 Å². The molecule has 0 saturated carbocycles. The number of aryl methyl sites for hydroxylation is 2. The number of aliphatic hydroxyl groups is 1. The summed E-state index contributed by atoms with van der Waals surface area (Å²) in [4.78, 5) is 4.29. The zero-order valence-electron chi connectivity index (χ0n) is 11.5. The first-order valence-corrected chi connectivity index (χ1v) is 7.17. The van der Waals surface area contributed by atoms with Crippen LogP contribution in [0.15, 0.2) is 42.6 Å². The molecule has 3 nitrogen and oxygen atoms in total. The van der Waals surface area contributed by atoms with Crippen LogP contribution >= 0.6 is 0 Å². The predicted octanol–water partition coefficient (Wildman–Crippen LogP) is 3.07. The van der Waals surface area contributed by atoms with Crippen LogP contribution in [0.5, 0.6) is 5.75 Å². The van der Waals surface area contributed by atoms with Gasteiger partial charge >= 0.3 is 0 Å². The topological polar surface area (TPSA) is 42.4 Å². The van der Waals surface area contributed by atoms with E-state index < -0.39 is 6.10 Å². The Balaban J connectivity index is 1.72. The summed E-state index contributed by atoms with van der Waals surface area (Å²) in [6.45, 7) is 0.747. The highest BCUT2D eigenvalue weighted by molar-refractivity contribution is 5.44. The van der Waals surface area contributed by atoms with E-state index in [1.54, 1.807) is 6.20 Å². The maximum atomic E-state index is 10.4. The third kappa shape index (κ3) is 2.83. The van der Waals surface area contributed by atoms with Gasteiger partial charge < -0.3 is 9.84 Å². The molecule has 1 aliphatic rings. The van der Waals surface area contributed by atoms with E-state index in [-0.39, 0.29) is 0 Å². The van der Waals surface area contributed by atoms with Gasteiger partial charge in [-0.05, 0) is 43.4 Å². The summed E-state index contributed by atoms with van der Waals surface area (Å²) in [5.74, 6) is 0.896. The number of hydrogen-bond donors (Lipinski definition) is 1. The van der Waals surface area contributed by atoms with Crippen molar-refractivity contribution in [3.05, 3.63) is 59.4 Å². The molecule has 1 aromatic carbocycles. The fourth-order valence-electron chi connectivity index (χ4n) is 2.66. The number of aromatic nitrogens is 1. The molecule has 2 heterocycles. The molecule has 1 unspecified atom stereocenters. The number of benzene rings is 1. The van der Waals surface area contributed by atoms with Crippen molar-refractivity contribution < 1.29 is 9.84 Å². The third-order valence-corrected chi connectivity index (χ3v) is 3.72. The standard InChI is InChI=1S/C17H19NO2/c19-16(10-9-14-7-1-2-11-18-14)15-8-3-5-13-6-4-12-20-17(13)15/h1-3,5,7-8,11,16,19H,4,6,9-10,12H2. The number of ether oxygens (including phenoxy) is 1. The monoisotopic (exact) mass is 269 g/mol. The van der Waals surface area contributed by atoms with Gasteiger partial charge in [0.2, 0.25) is 0 Å². The van der Waals surface area contributed by atoms with Crippen molar-refractivity contribution >= 4 is 0 Å². The number of aliphatic hydroxyl groups excluding tert-OH is 1. The third-order valence-electron chi connectivity index (χ3n) is 3.72. The van der Waals surface area contributed by atoms with Crippen LogP contribution in [-0.2, 0) is 12.8 Å². The number of fused-ring (bicyclic) bond motifs is 1. The van der Waals surface area contributed by atoms with E-state index in [1.807, 2.05) is 30.3 Å². The fourth-order valence-corrected chi connectivity index (χ4v) is 2.66. The fraction of sp³-hybridized carbons (Fsp3) is 0.353. The normalized spacial score (nSPS) is 15.2. The summed E-state index contributed by atoms with van der Waals surface area (Å²) < 4.78 is 5.75. The largest absolute Gasteiger partial charge is 0.493 e. The van der Waals surface area contributed by atoms with E-state index in [1.165, 1.54) is 5.56 Å². The van der Waals surface area contributed by atoms with Crippen molar-refractivity contribution in [3.8, 4) is 5.75 Å². The minimum absolute atomic E-state index is 0.495. The van der Waals surface area contributed by atoms with Crippen LogP contribution in [0.25, 0.3) is 0 Å². The Morgan fingerprint density at radius 1 is 1.20 bits per heavy atom. The molecule has 1 N–H and O–H groups in total. The van der Waals surface area contributed by atoms with Crippen LogP contribution < -0.4 is 4.74 Å². The van der Waals surface area contributed by atoms with Crippen molar-refractivity contribution in [2.24, 2.45) is 0 Å². The van der Waals surface area contributed by atoms with Crippen molar-refractivity contribution in [1.82, 2.24) is 4.98 Å². The lowest BCUT2D eigenvalue weighted by Crippen LogP contribution is -2.12. The highest BCUT2D eigenvalue weighted by atomic mass is 16.5. The molecule has 20 heavy (non-hydrogen) atoms. The molecule has 0 radical (unpaired) electrons. The lowest BCUT2D eigenvalue weighted by Gasteiger charge is -2.22. The van der Waals surface area contributed by atoms with Gasteiger partial charge in [-0.15, -0.1) is 0 Å². The summed E-state index contributed by atoms with van der Waals surface area (Å²) in [6, 6.07) is 11.9. The Morgan fingerprint density at radius 2 is 2.15 bits per heavy atom. The zero-order chi connectivity index (χ0) is 13.8. The lowest BCUT2D eigenvalue weighted by atomic mass is 9.97. The Hall–Kier alpha value is -1.87. The molecule has 104 valence electrons. The first-order chi connectivity index (χ1) is 9.84. The summed E-state index contributed by atoms with van der Waals surface area (Å²) in [5.41, 5.74) is 3.14. The highest BCUT2D eigenvalue weighted by Gasteiger charge is 2.19. The van der Waals surface area contributed by atoms with Crippen molar-refractivity contribution in [2.75, 3.05) is 6.61 Å². The molecule has 0 fully saturated rings. The first-order valence-electron chi connectivity index (χ1n) is 7.17. The minimum Gasteiger partial charge on any atom is -0.493 e. The SMILES string of the molecule is OC(CCc1ccccn1)c1cccc2c1OCCC2. The van der Waals surface area contributed by atoms with Crippen LogP contribution in [-0.4, -0.2) is 16.7 Å². The smallest absolute Gasteiger partial charge is 0.128 e. The molecule has 0 saturated heterocycles. The Morgan fingerprint density at radius 3 is 3.00 bits per heavy atom. The molecule has 0 bridgehead atoms. The molecule has 0 aliphatic carbocycles. The Bertz CT molecular complexity index is 568. The van der Waals surface area contributed by atoms with E-state index in [4.69, 9.17) is 4.74 Å². The molecule has 2 aromatic rings. The van der Waals surface area contributed by atoms with Crippen molar-refractivity contribution in [2.45, 2.75) is 31.8 Å². The van der Waals surface area contributed by atoms with Gasteiger partial charge in [0, 0.05) is 17.5 Å². The molecule has 0 amide bonds. The molecule has 3 rings (SSSR count). The van der Waals surface area contributed by atoms with E-state index in [2.05, 4.69) is 11.1 Å². The summed E-state index contributed by atoms with van der Waals surface area (Å²) in [5, 5.41) is 10.4. The second-order valence-electron chi connectivity index (χ2n) is 5.16. The van der Waals surface area contributed by atoms with Crippen molar-refractivity contribution in [1.29, 1.82) is 0 Å². The van der Waals surface area contributed by atoms with Crippen LogP contribution in [0.4, 0.5) is 0 Å². The Kier molecular flexibility index (Phi) is 3.97. The quantitative estimate of drug-likeness (QED) is 0.927. The van der Waals surface area contributed by atoms with Gasteiger partial charge in [0.05, 0.1) is 12.7 Å². The number of hydrogen-bond acceptors (Lipinski definition) is 3. The zero-order valence-corrected chi connectivity index (χ0v) is 11.5. The molecule has 1 aliphatic heterocycles.